The predicted octanol–water partition coefficient (Wildman–Crippen LogP) is 2.61. The van der Waals surface area contributed by atoms with Crippen molar-refractivity contribution in [2.24, 2.45) is 7.05 Å². The minimum Gasteiger partial charge on any atom is -0.364 e. The summed E-state index contributed by atoms with van der Waals surface area (Å²) in [5.74, 6) is 1.21. The Kier molecular flexibility index (Phi) is 4.79. The molecular weight excluding hydrogens is 276 g/mol. The lowest BCUT2D eigenvalue weighted by Crippen LogP contribution is -2.08. The molecule has 7 heteroatoms. The van der Waals surface area contributed by atoms with E-state index < -0.39 is 0 Å². The van der Waals surface area contributed by atoms with E-state index >= 15 is 0 Å². The zero-order valence-corrected chi connectivity index (χ0v) is 12.7. The molecule has 2 heterocycles. The van der Waals surface area contributed by atoms with E-state index in [-0.39, 0.29) is 0 Å². The average Bonchev–Trinajstić information content (AvgIpc) is 2.76. The molecule has 0 spiro atoms. The van der Waals surface area contributed by atoms with Crippen LogP contribution in [0.4, 0.5) is 11.8 Å². The highest BCUT2D eigenvalue weighted by molar-refractivity contribution is 6.32. The van der Waals surface area contributed by atoms with Gasteiger partial charge in [0.05, 0.1) is 12.4 Å². The number of hydrogen-bond acceptors (Lipinski definition) is 5. The number of anilines is 2. The minimum atomic E-state index is 0.508. The maximum Gasteiger partial charge on any atom is 0.224 e. The SMILES string of the molecule is CCCNc1ncc(Cl)c(NCc2cnn(C)c2C)n1. The van der Waals surface area contributed by atoms with Gasteiger partial charge in [-0.05, 0) is 13.3 Å². The molecule has 0 bridgehead atoms. The second-order valence-electron chi connectivity index (χ2n) is 4.55. The highest BCUT2D eigenvalue weighted by Gasteiger charge is 2.07. The molecule has 2 aromatic heterocycles. The molecule has 2 rings (SSSR count). The van der Waals surface area contributed by atoms with Crippen LogP contribution in [0.1, 0.15) is 24.6 Å². The van der Waals surface area contributed by atoms with Gasteiger partial charge in [0, 0.05) is 31.4 Å². The first-order chi connectivity index (χ1) is 9.61. The van der Waals surface area contributed by atoms with Crippen LogP contribution < -0.4 is 10.6 Å². The fourth-order valence-electron chi connectivity index (χ4n) is 1.71. The van der Waals surface area contributed by atoms with Crippen LogP contribution in [-0.2, 0) is 13.6 Å². The van der Waals surface area contributed by atoms with E-state index in [1.807, 2.05) is 24.9 Å². The second kappa shape index (κ2) is 6.56. The Hall–Kier alpha value is -1.82. The molecule has 0 fully saturated rings. The quantitative estimate of drug-likeness (QED) is 0.857. The summed E-state index contributed by atoms with van der Waals surface area (Å²) in [4.78, 5) is 8.51. The molecule has 0 amide bonds. The topological polar surface area (TPSA) is 67.7 Å². The molecule has 0 saturated carbocycles. The van der Waals surface area contributed by atoms with Gasteiger partial charge in [-0.1, -0.05) is 18.5 Å². The smallest absolute Gasteiger partial charge is 0.224 e. The van der Waals surface area contributed by atoms with E-state index in [9.17, 15) is 0 Å². The third-order valence-electron chi connectivity index (χ3n) is 3.06. The van der Waals surface area contributed by atoms with E-state index in [0.717, 1.165) is 24.2 Å². The molecular formula is C13H19ClN6. The zero-order valence-electron chi connectivity index (χ0n) is 11.9. The number of rotatable bonds is 6. The van der Waals surface area contributed by atoms with Gasteiger partial charge in [0.15, 0.2) is 5.82 Å². The van der Waals surface area contributed by atoms with Crippen LogP contribution in [0.2, 0.25) is 5.02 Å². The Balaban J connectivity index is 2.06. The van der Waals surface area contributed by atoms with Gasteiger partial charge < -0.3 is 10.6 Å². The summed E-state index contributed by atoms with van der Waals surface area (Å²) in [7, 11) is 1.92. The van der Waals surface area contributed by atoms with Crippen molar-refractivity contribution in [2.75, 3.05) is 17.2 Å². The molecule has 0 atom stereocenters. The first-order valence-corrected chi connectivity index (χ1v) is 6.97. The summed E-state index contributed by atoms with van der Waals surface area (Å²) in [6.07, 6.45) is 4.46. The molecule has 2 N–H and O–H groups in total. The molecule has 108 valence electrons. The normalized spacial score (nSPS) is 10.6. The molecule has 2 aromatic rings. The van der Waals surface area contributed by atoms with Gasteiger partial charge in [-0.15, -0.1) is 0 Å². The largest absolute Gasteiger partial charge is 0.364 e. The van der Waals surface area contributed by atoms with Crippen molar-refractivity contribution in [3.05, 3.63) is 28.7 Å². The zero-order chi connectivity index (χ0) is 14.5. The molecule has 20 heavy (non-hydrogen) atoms. The summed E-state index contributed by atoms with van der Waals surface area (Å²) in [5.41, 5.74) is 2.23. The lowest BCUT2D eigenvalue weighted by molar-refractivity contribution is 0.738. The number of nitrogens with one attached hydrogen (secondary N) is 2. The third kappa shape index (κ3) is 3.39. The van der Waals surface area contributed by atoms with Gasteiger partial charge in [-0.3, -0.25) is 4.68 Å². The Labute approximate surface area is 123 Å². The highest BCUT2D eigenvalue weighted by Crippen LogP contribution is 2.20. The van der Waals surface area contributed by atoms with Crippen LogP contribution in [-0.4, -0.2) is 26.3 Å². The van der Waals surface area contributed by atoms with Crippen molar-refractivity contribution >= 4 is 23.4 Å². The number of halogens is 1. The lowest BCUT2D eigenvalue weighted by Gasteiger charge is -2.09. The summed E-state index contributed by atoms with van der Waals surface area (Å²) in [5, 5.41) is 11.1. The van der Waals surface area contributed by atoms with Crippen molar-refractivity contribution < 1.29 is 0 Å². The summed E-state index contributed by atoms with van der Waals surface area (Å²) < 4.78 is 1.84. The van der Waals surface area contributed by atoms with E-state index in [1.54, 1.807) is 6.20 Å². The number of aromatic nitrogens is 4. The van der Waals surface area contributed by atoms with Crippen LogP contribution in [0.5, 0.6) is 0 Å². The van der Waals surface area contributed by atoms with Crippen LogP contribution in [0.3, 0.4) is 0 Å². The molecule has 0 unspecified atom stereocenters. The van der Waals surface area contributed by atoms with Crippen molar-refractivity contribution in [3.63, 3.8) is 0 Å². The summed E-state index contributed by atoms with van der Waals surface area (Å²) in [6, 6.07) is 0. The molecule has 0 saturated heterocycles. The van der Waals surface area contributed by atoms with Gasteiger partial charge >= 0.3 is 0 Å². The third-order valence-corrected chi connectivity index (χ3v) is 3.34. The van der Waals surface area contributed by atoms with Gasteiger partial charge in [-0.2, -0.15) is 10.1 Å². The molecule has 0 aromatic carbocycles. The predicted molar refractivity (Wildman–Crippen MR) is 81.1 cm³/mol. The number of nitrogens with zero attached hydrogens (tertiary/aromatic N) is 4. The van der Waals surface area contributed by atoms with Gasteiger partial charge in [0.25, 0.3) is 0 Å². The second-order valence-corrected chi connectivity index (χ2v) is 4.96. The number of hydrogen-bond donors (Lipinski definition) is 2. The summed E-state index contributed by atoms with van der Waals surface area (Å²) >= 11 is 6.11. The van der Waals surface area contributed by atoms with E-state index in [2.05, 4.69) is 32.6 Å². The fourth-order valence-corrected chi connectivity index (χ4v) is 1.87. The van der Waals surface area contributed by atoms with E-state index in [4.69, 9.17) is 11.6 Å². The molecule has 0 aliphatic heterocycles. The summed E-state index contributed by atoms with van der Waals surface area (Å²) in [6.45, 7) is 5.58. The monoisotopic (exact) mass is 294 g/mol. The van der Waals surface area contributed by atoms with Gasteiger partial charge in [0.2, 0.25) is 5.95 Å². The maximum absolute atomic E-state index is 6.11. The average molecular weight is 295 g/mol. The van der Waals surface area contributed by atoms with Crippen LogP contribution >= 0.6 is 11.6 Å². The molecule has 6 nitrogen and oxygen atoms in total. The molecule has 0 radical (unpaired) electrons. The van der Waals surface area contributed by atoms with Crippen molar-refractivity contribution in [1.29, 1.82) is 0 Å². The van der Waals surface area contributed by atoms with Crippen molar-refractivity contribution in [2.45, 2.75) is 26.8 Å². The van der Waals surface area contributed by atoms with Crippen molar-refractivity contribution in [1.82, 2.24) is 19.7 Å². The molecule has 0 aliphatic rings. The Bertz CT molecular complexity index is 580. The Morgan fingerprint density at radius 2 is 2.10 bits per heavy atom. The molecule has 0 aliphatic carbocycles. The fraction of sp³-hybridized carbons (Fsp3) is 0.462. The lowest BCUT2D eigenvalue weighted by atomic mass is 10.2. The highest BCUT2D eigenvalue weighted by atomic mass is 35.5. The maximum atomic E-state index is 6.11. The van der Waals surface area contributed by atoms with Crippen molar-refractivity contribution in [3.8, 4) is 0 Å². The van der Waals surface area contributed by atoms with Gasteiger partial charge in [-0.25, -0.2) is 4.98 Å². The standard InChI is InChI=1S/C13H19ClN6/c1-4-5-15-13-17-8-11(14)12(19-13)16-6-10-7-18-20(3)9(10)2/h7-8H,4-6H2,1-3H3,(H2,15,16,17,19). The van der Waals surface area contributed by atoms with Crippen LogP contribution in [0.25, 0.3) is 0 Å². The number of aryl methyl sites for hydroxylation is 1. The first-order valence-electron chi connectivity index (χ1n) is 6.59. The van der Waals surface area contributed by atoms with Crippen LogP contribution in [0.15, 0.2) is 12.4 Å². The Morgan fingerprint density at radius 3 is 2.75 bits per heavy atom. The van der Waals surface area contributed by atoms with E-state index in [1.165, 1.54) is 0 Å². The Morgan fingerprint density at radius 1 is 1.30 bits per heavy atom. The minimum absolute atomic E-state index is 0.508. The van der Waals surface area contributed by atoms with E-state index in [0.29, 0.717) is 23.3 Å². The first kappa shape index (κ1) is 14.6. The van der Waals surface area contributed by atoms with Crippen LogP contribution in [0, 0.1) is 6.92 Å². The van der Waals surface area contributed by atoms with Gasteiger partial charge in [0.1, 0.15) is 5.02 Å².